The van der Waals surface area contributed by atoms with E-state index < -0.39 is 147 Å². The molecule has 0 spiro atoms. The first kappa shape index (κ1) is 41.0. The Labute approximate surface area is 284 Å². The number of methoxy groups -OCH3 is 2. The summed E-state index contributed by atoms with van der Waals surface area (Å²) in [4.78, 5) is 47.2. The Kier molecular flexibility index (Phi) is 13.2. The lowest BCUT2D eigenvalue weighted by Crippen LogP contribution is -2.70. The van der Waals surface area contributed by atoms with Crippen LogP contribution in [-0.2, 0) is 61.8 Å². The maximum atomic E-state index is 12.0. The molecule has 8 N–H and O–H groups in total. The monoisotopic (exact) mass is 746 g/mol. The first-order valence-corrected chi connectivity index (χ1v) is 14.8. The Balaban J connectivity index is 1.51. The van der Waals surface area contributed by atoms with E-state index in [0.717, 1.165) is 14.2 Å². The van der Waals surface area contributed by atoms with E-state index in [1.165, 1.54) is 0 Å². The lowest BCUT2D eigenvalue weighted by atomic mass is 9.95. The van der Waals surface area contributed by atoms with Gasteiger partial charge in [-0.1, -0.05) is 0 Å². The normalized spacial score (nSPS) is 47.7. The molecular formula is C26H34O25-4. The van der Waals surface area contributed by atoms with E-state index in [1.807, 2.05) is 0 Å². The highest BCUT2D eigenvalue weighted by molar-refractivity contribution is 5.72. The van der Waals surface area contributed by atoms with Crippen molar-refractivity contribution in [3.05, 3.63) is 0 Å². The molecule has 0 saturated carbocycles. The van der Waals surface area contributed by atoms with Crippen LogP contribution in [0.5, 0.6) is 0 Å². The van der Waals surface area contributed by atoms with Crippen LogP contribution in [0, 0.1) is 0 Å². The molecule has 0 aliphatic carbocycles. The third kappa shape index (κ3) is 8.09. The largest absolute Gasteiger partial charge is 0.547 e. The average Bonchev–Trinajstić information content (AvgIpc) is 3.07. The van der Waals surface area contributed by atoms with Crippen molar-refractivity contribution >= 4 is 23.9 Å². The van der Waals surface area contributed by atoms with Gasteiger partial charge in [0.05, 0.1) is 23.9 Å². The summed E-state index contributed by atoms with van der Waals surface area (Å²) in [7, 11) is 1.95. The van der Waals surface area contributed by atoms with Gasteiger partial charge in [0.15, 0.2) is 25.2 Å². The molecule has 0 bridgehead atoms. The van der Waals surface area contributed by atoms with Crippen molar-refractivity contribution in [1.29, 1.82) is 0 Å². The maximum Gasteiger partial charge on any atom is 0.187 e. The van der Waals surface area contributed by atoms with Gasteiger partial charge in [-0.3, -0.25) is 0 Å². The van der Waals surface area contributed by atoms with Crippen molar-refractivity contribution in [2.45, 2.75) is 123 Å². The van der Waals surface area contributed by atoms with E-state index in [4.69, 9.17) is 42.6 Å². The van der Waals surface area contributed by atoms with Gasteiger partial charge < -0.3 is 123 Å². The Hall–Kier alpha value is -2.80. The molecule has 292 valence electrons. The minimum absolute atomic E-state index is 0.957. The molecule has 4 fully saturated rings. The quantitative estimate of drug-likeness (QED) is 0.0918. The predicted octanol–water partition coefficient (Wildman–Crippen LogP) is -13.4. The zero-order valence-corrected chi connectivity index (χ0v) is 26.1. The molecule has 7 unspecified atom stereocenters. The SMILES string of the molecule is CO[C@@H]1C(C(=O)[O-])O[C@@H](O[C@H]2C(O)C(O)[C@H](O[C@@H]3C(C(=O)[O-])O[C@@H](O[C@H]4C(O)[C@H](O)[C@H](OC)O[C@H]4C(=O)[O-])[C@H](O)C3O)O[C@H]2C(=O)[O-])[C@@H](O)C1O. The minimum atomic E-state index is -2.54. The highest BCUT2D eigenvalue weighted by atomic mass is 16.8. The van der Waals surface area contributed by atoms with E-state index in [2.05, 4.69) is 0 Å². The molecule has 4 saturated heterocycles. The molecule has 25 nitrogen and oxygen atoms in total. The molecular weight excluding hydrogens is 712 g/mol. The standard InChI is InChI=1S/C26H38O25/c1-43-11-3(27)8(32)24(49-15(11)19(35)36)46-13-5(29)10(34)26(51-17(13)21(39)40)47-14-6(30)9(33)25(50-18(14)22(41)42)45-12-4(28)7(31)23(44-2)48-16(12)20(37)38/h3-18,23-34H,1-2H3,(H,35,36)(H,37,38)(H,39,40)(H,41,42)/p-4/t3?,4?,5?,6?,7-,8-,9+,10?,11-,12-,13-,14-,15?,16+,17+,18?,23+,24+,25+,26+/m0/s1. The Morgan fingerprint density at radius 2 is 0.627 bits per heavy atom. The number of aliphatic hydroxyl groups excluding tert-OH is 8. The zero-order chi connectivity index (χ0) is 38.2. The lowest BCUT2D eigenvalue weighted by molar-refractivity contribution is -0.402. The Morgan fingerprint density at radius 3 is 0.882 bits per heavy atom. The van der Waals surface area contributed by atoms with Crippen LogP contribution in [0.4, 0.5) is 0 Å². The first-order chi connectivity index (χ1) is 23.9. The van der Waals surface area contributed by atoms with Crippen LogP contribution in [0.25, 0.3) is 0 Å². The number of rotatable bonds is 12. The smallest absolute Gasteiger partial charge is 0.187 e. The molecule has 0 amide bonds. The number of carboxylic acid groups (broad SMARTS) is 4. The van der Waals surface area contributed by atoms with Crippen LogP contribution < -0.4 is 20.4 Å². The van der Waals surface area contributed by atoms with Crippen LogP contribution in [0.3, 0.4) is 0 Å². The Morgan fingerprint density at radius 1 is 0.392 bits per heavy atom. The van der Waals surface area contributed by atoms with Gasteiger partial charge in [0.25, 0.3) is 0 Å². The second-order valence-corrected chi connectivity index (χ2v) is 11.6. The molecule has 4 aliphatic rings. The molecule has 51 heavy (non-hydrogen) atoms. The van der Waals surface area contributed by atoms with E-state index >= 15 is 0 Å². The summed E-state index contributed by atoms with van der Waals surface area (Å²) >= 11 is 0. The number of hydrogen-bond acceptors (Lipinski definition) is 25. The van der Waals surface area contributed by atoms with Crippen molar-refractivity contribution in [3.63, 3.8) is 0 Å². The summed E-state index contributed by atoms with van der Waals surface area (Å²) in [6.45, 7) is 0. The van der Waals surface area contributed by atoms with E-state index in [-0.39, 0.29) is 0 Å². The second kappa shape index (κ2) is 16.5. The highest BCUT2D eigenvalue weighted by Gasteiger charge is 2.56. The number of carbonyl (C=O) groups excluding carboxylic acids is 4. The van der Waals surface area contributed by atoms with Gasteiger partial charge in [-0.2, -0.15) is 0 Å². The molecule has 4 heterocycles. The van der Waals surface area contributed by atoms with Gasteiger partial charge in [-0.05, 0) is 0 Å². The van der Waals surface area contributed by atoms with Gasteiger partial charge >= 0.3 is 0 Å². The minimum Gasteiger partial charge on any atom is -0.547 e. The summed E-state index contributed by atoms with van der Waals surface area (Å²) in [5.41, 5.74) is 0. The van der Waals surface area contributed by atoms with Crippen molar-refractivity contribution in [2.75, 3.05) is 14.2 Å². The zero-order valence-electron chi connectivity index (χ0n) is 26.1. The molecule has 4 rings (SSSR count). The van der Waals surface area contributed by atoms with Crippen molar-refractivity contribution in [2.24, 2.45) is 0 Å². The van der Waals surface area contributed by atoms with Crippen LogP contribution >= 0.6 is 0 Å². The highest BCUT2D eigenvalue weighted by Crippen LogP contribution is 2.34. The summed E-state index contributed by atoms with van der Waals surface area (Å²) in [6, 6.07) is 0. The molecule has 4 aliphatic heterocycles. The summed E-state index contributed by atoms with van der Waals surface area (Å²) in [5, 5.41) is 132. The number of hydrogen-bond donors (Lipinski definition) is 8. The maximum absolute atomic E-state index is 12.0. The summed E-state index contributed by atoms with van der Waals surface area (Å²) in [5.74, 6) is -8.42. The number of carboxylic acids is 4. The molecule has 0 radical (unpaired) electrons. The van der Waals surface area contributed by atoms with E-state index in [9.17, 15) is 80.5 Å². The van der Waals surface area contributed by atoms with Gasteiger partial charge in [0, 0.05) is 14.2 Å². The fraction of sp³-hybridized carbons (Fsp3) is 0.846. The van der Waals surface area contributed by atoms with Gasteiger partial charge in [-0.25, -0.2) is 0 Å². The van der Waals surface area contributed by atoms with E-state index in [0.29, 0.717) is 0 Å². The van der Waals surface area contributed by atoms with Crippen LogP contribution in [-0.4, -0.2) is 202 Å². The van der Waals surface area contributed by atoms with Gasteiger partial charge in [-0.15, -0.1) is 0 Å². The van der Waals surface area contributed by atoms with Crippen molar-refractivity contribution in [3.8, 4) is 0 Å². The first-order valence-electron chi connectivity index (χ1n) is 14.8. The van der Waals surface area contributed by atoms with Crippen LogP contribution in [0.15, 0.2) is 0 Å². The van der Waals surface area contributed by atoms with Gasteiger partial charge in [0.2, 0.25) is 0 Å². The third-order valence-corrected chi connectivity index (χ3v) is 8.49. The predicted molar refractivity (Wildman–Crippen MR) is 135 cm³/mol. The molecule has 0 aromatic carbocycles. The third-order valence-electron chi connectivity index (χ3n) is 8.49. The van der Waals surface area contributed by atoms with Crippen LogP contribution in [0.1, 0.15) is 0 Å². The lowest BCUT2D eigenvalue weighted by Gasteiger charge is -2.49. The molecule has 20 atom stereocenters. The number of ether oxygens (including phenoxy) is 9. The fourth-order valence-corrected chi connectivity index (χ4v) is 5.82. The fourth-order valence-electron chi connectivity index (χ4n) is 5.82. The topological polar surface area (TPSA) is 405 Å². The molecule has 0 aromatic heterocycles. The van der Waals surface area contributed by atoms with Gasteiger partial charge in [0.1, 0.15) is 97.7 Å². The van der Waals surface area contributed by atoms with Crippen molar-refractivity contribution in [1.82, 2.24) is 0 Å². The number of aliphatic hydroxyl groups is 8. The number of aliphatic carboxylic acids is 4. The molecule has 0 aromatic rings. The van der Waals surface area contributed by atoms with E-state index in [1.54, 1.807) is 0 Å². The number of carbonyl (C=O) groups is 4. The summed E-state index contributed by atoms with van der Waals surface area (Å²) in [6.07, 6.45) is -44.8. The summed E-state index contributed by atoms with van der Waals surface area (Å²) < 4.78 is 45.3. The van der Waals surface area contributed by atoms with Crippen LogP contribution in [0.2, 0.25) is 0 Å². The average molecular weight is 747 g/mol. The van der Waals surface area contributed by atoms with Crippen molar-refractivity contribution < 1.29 is 123 Å². The molecule has 25 heteroatoms. The second-order valence-electron chi connectivity index (χ2n) is 11.6. The Bertz CT molecular complexity index is 1250.